The van der Waals surface area contributed by atoms with E-state index in [1.807, 2.05) is 32.9 Å². The molecule has 0 saturated carbocycles. The minimum absolute atomic E-state index is 0.233. The number of hydrogen-bond donors (Lipinski definition) is 1. The predicted molar refractivity (Wildman–Crippen MR) is 66.7 cm³/mol. The highest BCUT2D eigenvalue weighted by atomic mass is 79.9. The zero-order valence-corrected chi connectivity index (χ0v) is 11.5. The molecule has 0 aliphatic rings. The van der Waals surface area contributed by atoms with Crippen LogP contribution in [0.25, 0.3) is 0 Å². The Bertz CT molecular complexity index is 310. The van der Waals surface area contributed by atoms with Gasteiger partial charge in [-0.3, -0.25) is 0 Å². The number of halogens is 1. The van der Waals surface area contributed by atoms with Gasteiger partial charge in [0, 0.05) is 17.6 Å². The molecule has 1 atom stereocenters. The van der Waals surface area contributed by atoms with Crippen molar-refractivity contribution in [2.45, 2.75) is 32.1 Å². The third-order valence-electron chi connectivity index (χ3n) is 1.75. The SMILES string of the molecule is CC(C)(C)[S+]([O-])NCc1ccc(Br)nc1. The summed E-state index contributed by atoms with van der Waals surface area (Å²) in [5.41, 5.74) is 1.02. The lowest BCUT2D eigenvalue weighted by Crippen LogP contribution is -2.38. The van der Waals surface area contributed by atoms with Crippen molar-refractivity contribution in [3.05, 3.63) is 28.5 Å². The Morgan fingerprint density at radius 3 is 2.60 bits per heavy atom. The molecule has 1 aromatic rings. The highest BCUT2D eigenvalue weighted by molar-refractivity contribution is 9.10. The van der Waals surface area contributed by atoms with Crippen LogP contribution in [0, 0.1) is 0 Å². The largest absolute Gasteiger partial charge is 0.598 e. The summed E-state index contributed by atoms with van der Waals surface area (Å²) in [6.45, 7) is 6.39. The fourth-order valence-electron chi connectivity index (χ4n) is 0.876. The molecular formula is C10H15BrN2OS. The number of nitrogens with zero attached hydrogens (tertiary/aromatic N) is 1. The summed E-state index contributed by atoms with van der Waals surface area (Å²) in [4.78, 5) is 4.10. The predicted octanol–water partition coefficient (Wildman–Crippen LogP) is 2.40. The average Bonchev–Trinajstić information content (AvgIpc) is 2.15. The van der Waals surface area contributed by atoms with Gasteiger partial charge in [0.1, 0.15) is 9.35 Å². The van der Waals surface area contributed by atoms with Gasteiger partial charge < -0.3 is 4.55 Å². The van der Waals surface area contributed by atoms with Crippen molar-refractivity contribution in [2.24, 2.45) is 0 Å². The normalized spacial score (nSPS) is 13.9. The van der Waals surface area contributed by atoms with Crippen LogP contribution < -0.4 is 4.72 Å². The first-order valence-corrected chi connectivity index (χ1v) is 6.59. The van der Waals surface area contributed by atoms with E-state index in [2.05, 4.69) is 25.6 Å². The zero-order valence-electron chi connectivity index (χ0n) is 9.08. The van der Waals surface area contributed by atoms with Crippen LogP contribution in [0.1, 0.15) is 26.3 Å². The van der Waals surface area contributed by atoms with E-state index in [-0.39, 0.29) is 4.75 Å². The first-order chi connectivity index (χ1) is 6.89. The number of pyridine rings is 1. The van der Waals surface area contributed by atoms with E-state index in [0.29, 0.717) is 6.54 Å². The lowest BCUT2D eigenvalue weighted by molar-refractivity contribution is 0.544. The van der Waals surface area contributed by atoms with Gasteiger partial charge in [-0.2, -0.15) is 0 Å². The third kappa shape index (κ3) is 4.51. The van der Waals surface area contributed by atoms with Gasteiger partial charge in [-0.05, 0) is 48.3 Å². The molecule has 1 unspecified atom stereocenters. The van der Waals surface area contributed by atoms with Gasteiger partial charge in [0.05, 0.1) is 6.54 Å². The Hall–Kier alpha value is -0.100. The Labute approximate surface area is 102 Å². The smallest absolute Gasteiger partial charge is 0.136 e. The molecule has 0 fully saturated rings. The van der Waals surface area contributed by atoms with Crippen LogP contribution in [0.3, 0.4) is 0 Å². The number of hydrogen-bond acceptors (Lipinski definition) is 3. The Morgan fingerprint density at radius 1 is 1.47 bits per heavy atom. The van der Waals surface area contributed by atoms with Crippen LogP contribution in [0.15, 0.2) is 22.9 Å². The second-order valence-electron chi connectivity index (χ2n) is 4.19. The molecule has 0 saturated heterocycles. The van der Waals surface area contributed by atoms with Crippen molar-refractivity contribution in [2.75, 3.05) is 0 Å². The standard InChI is InChI=1S/C10H15BrN2OS/c1-10(2,3)15(14)13-7-8-4-5-9(11)12-6-8/h4-6,13H,7H2,1-3H3. The molecule has 1 N–H and O–H groups in total. The lowest BCUT2D eigenvalue weighted by Gasteiger charge is -2.23. The van der Waals surface area contributed by atoms with Crippen LogP contribution in [-0.2, 0) is 17.9 Å². The van der Waals surface area contributed by atoms with E-state index in [4.69, 9.17) is 0 Å². The van der Waals surface area contributed by atoms with Gasteiger partial charge in [0.15, 0.2) is 0 Å². The number of rotatable bonds is 3. The maximum Gasteiger partial charge on any atom is 0.136 e. The Kier molecular flexibility index (Phi) is 4.58. The van der Waals surface area contributed by atoms with Gasteiger partial charge in [-0.25, -0.2) is 4.98 Å². The molecule has 0 radical (unpaired) electrons. The summed E-state index contributed by atoms with van der Waals surface area (Å²) >= 11 is 2.23. The van der Waals surface area contributed by atoms with Gasteiger partial charge in [0.25, 0.3) is 0 Å². The molecule has 5 heteroatoms. The minimum atomic E-state index is -1.03. The summed E-state index contributed by atoms with van der Waals surface area (Å²) in [5.74, 6) is 0. The van der Waals surface area contributed by atoms with Crippen LogP contribution in [0.2, 0.25) is 0 Å². The van der Waals surface area contributed by atoms with Crippen molar-refractivity contribution in [1.29, 1.82) is 0 Å². The Morgan fingerprint density at radius 2 is 2.13 bits per heavy atom. The monoisotopic (exact) mass is 290 g/mol. The molecule has 1 aromatic heterocycles. The van der Waals surface area contributed by atoms with E-state index in [1.54, 1.807) is 6.20 Å². The van der Waals surface area contributed by atoms with Crippen molar-refractivity contribution in [3.8, 4) is 0 Å². The van der Waals surface area contributed by atoms with E-state index >= 15 is 0 Å². The lowest BCUT2D eigenvalue weighted by atomic mass is 10.3. The molecule has 0 spiro atoms. The van der Waals surface area contributed by atoms with Gasteiger partial charge >= 0.3 is 0 Å². The Balaban J connectivity index is 2.47. The molecule has 84 valence electrons. The highest BCUT2D eigenvalue weighted by Crippen LogP contribution is 2.14. The summed E-state index contributed by atoms with van der Waals surface area (Å²) in [6, 6.07) is 3.82. The molecule has 0 amide bonds. The van der Waals surface area contributed by atoms with Crippen molar-refractivity contribution >= 4 is 27.3 Å². The summed E-state index contributed by atoms with van der Waals surface area (Å²) < 4.78 is 15.2. The summed E-state index contributed by atoms with van der Waals surface area (Å²) in [5, 5.41) is 0. The topological polar surface area (TPSA) is 48.0 Å². The second-order valence-corrected chi connectivity index (χ2v) is 7.05. The average molecular weight is 291 g/mol. The van der Waals surface area contributed by atoms with Crippen LogP contribution >= 0.6 is 15.9 Å². The molecule has 0 aliphatic carbocycles. The molecule has 1 heterocycles. The molecule has 3 nitrogen and oxygen atoms in total. The number of nitrogens with one attached hydrogen (secondary N) is 1. The van der Waals surface area contributed by atoms with E-state index in [1.165, 1.54) is 0 Å². The molecule has 0 bridgehead atoms. The van der Waals surface area contributed by atoms with Gasteiger partial charge in [0.2, 0.25) is 0 Å². The molecule has 1 rings (SSSR count). The minimum Gasteiger partial charge on any atom is -0.598 e. The van der Waals surface area contributed by atoms with Crippen LogP contribution in [0.4, 0.5) is 0 Å². The highest BCUT2D eigenvalue weighted by Gasteiger charge is 2.25. The third-order valence-corrected chi connectivity index (χ3v) is 3.74. The fraction of sp³-hybridized carbons (Fsp3) is 0.500. The maximum atomic E-state index is 11.7. The zero-order chi connectivity index (χ0) is 11.5. The molecular weight excluding hydrogens is 276 g/mol. The van der Waals surface area contributed by atoms with E-state index < -0.39 is 11.4 Å². The molecule has 0 aromatic carbocycles. The maximum absolute atomic E-state index is 11.7. The van der Waals surface area contributed by atoms with E-state index in [9.17, 15) is 4.55 Å². The van der Waals surface area contributed by atoms with Gasteiger partial charge in [-0.15, -0.1) is 4.72 Å². The van der Waals surface area contributed by atoms with Gasteiger partial charge in [-0.1, -0.05) is 6.07 Å². The van der Waals surface area contributed by atoms with E-state index in [0.717, 1.165) is 10.2 Å². The number of aromatic nitrogens is 1. The van der Waals surface area contributed by atoms with Crippen molar-refractivity contribution in [3.63, 3.8) is 0 Å². The van der Waals surface area contributed by atoms with Crippen molar-refractivity contribution < 1.29 is 4.55 Å². The second kappa shape index (κ2) is 5.30. The first-order valence-electron chi connectivity index (χ1n) is 4.65. The van der Waals surface area contributed by atoms with Crippen LogP contribution in [-0.4, -0.2) is 14.3 Å². The van der Waals surface area contributed by atoms with Crippen LogP contribution in [0.5, 0.6) is 0 Å². The summed E-state index contributed by atoms with van der Waals surface area (Å²) in [7, 11) is 0. The quantitative estimate of drug-likeness (QED) is 0.687. The first kappa shape index (κ1) is 13.0. The molecule has 0 aliphatic heterocycles. The van der Waals surface area contributed by atoms with Crippen molar-refractivity contribution in [1.82, 2.24) is 9.71 Å². The fourth-order valence-corrected chi connectivity index (χ4v) is 1.84. The summed E-state index contributed by atoms with van der Waals surface area (Å²) in [6.07, 6.45) is 1.76. The molecule has 15 heavy (non-hydrogen) atoms.